The van der Waals surface area contributed by atoms with Gasteiger partial charge in [-0.2, -0.15) is 10.4 Å². The van der Waals surface area contributed by atoms with Crippen molar-refractivity contribution >= 4 is 23.3 Å². The van der Waals surface area contributed by atoms with E-state index in [2.05, 4.69) is 43.8 Å². The van der Waals surface area contributed by atoms with Crippen LogP contribution in [0.2, 0.25) is 0 Å². The summed E-state index contributed by atoms with van der Waals surface area (Å²) in [6, 6.07) is 5.45. The van der Waals surface area contributed by atoms with E-state index in [-0.39, 0.29) is 34.2 Å². The molecular formula is C30H41N5O6. The Balaban J connectivity index is 1.50. The molecule has 0 bridgehead atoms. The van der Waals surface area contributed by atoms with Crippen molar-refractivity contribution in [1.82, 2.24) is 14.6 Å². The molecule has 3 aliphatic rings. The van der Waals surface area contributed by atoms with Gasteiger partial charge in [0.25, 0.3) is 0 Å². The Labute approximate surface area is 240 Å². The van der Waals surface area contributed by atoms with Gasteiger partial charge in [-0.3, -0.25) is 9.59 Å². The molecule has 2 aliphatic carbocycles. The average Bonchev–Trinajstić information content (AvgIpc) is 3.49. The number of nitriles is 1. The van der Waals surface area contributed by atoms with Gasteiger partial charge in [-0.05, 0) is 74.3 Å². The average molecular weight is 568 g/mol. The van der Waals surface area contributed by atoms with Gasteiger partial charge in [-0.15, -0.1) is 0 Å². The van der Waals surface area contributed by atoms with Crippen LogP contribution in [0.15, 0.2) is 18.5 Å². The highest BCUT2D eigenvalue weighted by Crippen LogP contribution is 2.46. The molecule has 4 unspecified atom stereocenters. The Kier molecular flexibility index (Phi) is 7.76. The predicted octanol–water partition coefficient (Wildman–Crippen LogP) is 3.68. The van der Waals surface area contributed by atoms with Crippen LogP contribution in [0.3, 0.4) is 0 Å². The molecule has 2 saturated carbocycles. The molecule has 4 atom stereocenters. The first kappa shape index (κ1) is 29.3. The van der Waals surface area contributed by atoms with E-state index >= 15 is 0 Å². The summed E-state index contributed by atoms with van der Waals surface area (Å²) in [7, 11) is 0. The first-order valence-corrected chi connectivity index (χ1v) is 14.6. The molecule has 2 aromatic rings. The monoisotopic (exact) mass is 567 g/mol. The molecule has 11 heteroatoms. The Morgan fingerprint density at radius 2 is 1.61 bits per heavy atom. The zero-order valence-electron chi connectivity index (χ0n) is 24.3. The van der Waals surface area contributed by atoms with Crippen LogP contribution in [0.1, 0.15) is 84.8 Å². The topological polar surface area (TPSA) is 162 Å². The fourth-order valence-corrected chi connectivity index (χ4v) is 6.54. The molecule has 1 saturated heterocycles. The van der Waals surface area contributed by atoms with E-state index in [1.165, 1.54) is 10.8 Å². The van der Waals surface area contributed by atoms with Crippen molar-refractivity contribution in [2.75, 3.05) is 12.3 Å². The number of aromatic nitrogens is 3. The number of nitrogen functional groups attached to an aromatic ring is 1. The van der Waals surface area contributed by atoms with Gasteiger partial charge >= 0.3 is 11.9 Å². The number of ether oxygens (including phenoxy) is 3. The summed E-state index contributed by atoms with van der Waals surface area (Å²) < 4.78 is 19.8. The molecule has 5 rings (SSSR count). The smallest absolute Gasteiger partial charge is 0.309 e. The summed E-state index contributed by atoms with van der Waals surface area (Å²) in [6.07, 6.45) is 3.77. The highest BCUT2D eigenvalue weighted by molar-refractivity contribution is 5.74. The lowest BCUT2D eigenvalue weighted by Crippen LogP contribution is -2.48. The number of fused-ring (bicyclic) bond motifs is 1. The van der Waals surface area contributed by atoms with Crippen molar-refractivity contribution < 1.29 is 28.9 Å². The molecule has 3 N–H and O–H groups in total. The highest BCUT2D eigenvalue weighted by atomic mass is 16.6. The van der Waals surface area contributed by atoms with Crippen molar-refractivity contribution in [3.8, 4) is 6.07 Å². The van der Waals surface area contributed by atoms with Crippen LogP contribution in [0, 0.1) is 34.0 Å². The van der Waals surface area contributed by atoms with Gasteiger partial charge in [0.05, 0.1) is 24.1 Å². The number of aliphatic hydroxyl groups excluding tert-OH is 1. The molecule has 0 radical (unpaired) electrons. The van der Waals surface area contributed by atoms with Crippen molar-refractivity contribution in [3.63, 3.8) is 0 Å². The van der Waals surface area contributed by atoms with E-state index in [1.807, 2.05) is 0 Å². The number of carbonyl (C=O) groups is 2. The molecule has 222 valence electrons. The van der Waals surface area contributed by atoms with Crippen LogP contribution in [-0.4, -0.2) is 56.6 Å². The van der Waals surface area contributed by atoms with E-state index < -0.39 is 42.5 Å². The number of esters is 2. The Hall–Kier alpha value is -3.23. The number of aliphatic hydroxyl groups is 1. The molecule has 3 fully saturated rings. The minimum atomic E-state index is -1.93. The van der Waals surface area contributed by atoms with Crippen LogP contribution in [0.25, 0.3) is 5.52 Å². The van der Waals surface area contributed by atoms with Crippen molar-refractivity contribution in [3.05, 3.63) is 24.2 Å². The predicted molar refractivity (Wildman–Crippen MR) is 148 cm³/mol. The molecule has 1 aliphatic heterocycles. The van der Waals surface area contributed by atoms with Crippen molar-refractivity contribution in [2.45, 2.75) is 103 Å². The van der Waals surface area contributed by atoms with Gasteiger partial charge in [0.2, 0.25) is 5.60 Å². The zero-order valence-corrected chi connectivity index (χ0v) is 24.3. The van der Waals surface area contributed by atoms with Crippen molar-refractivity contribution in [2.24, 2.45) is 22.7 Å². The number of nitrogens with zero attached hydrogens (tertiary/aromatic N) is 4. The van der Waals surface area contributed by atoms with Gasteiger partial charge < -0.3 is 25.1 Å². The summed E-state index contributed by atoms with van der Waals surface area (Å²) in [4.78, 5) is 31.1. The number of hydrogen-bond acceptors (Lipinski definition) is 10. The number of hydrogen-bond donors (Lipinski definition) is 2. The molecular weight excluding hydrogens is 526 g/mol. The van der Waals surface area contributed by atoms with Gasteiger partial charge in [0, 0.05) is 0 Å². The van der Waals surface area contributed by atoms with E-state index in [1.54, 1.807) is 12.1 Å². The zero-order chi connectivity index (χ0) is 29.6. The summed E-state index contributed by atoms with van der Waals surface area (Å²) in [5.74, 6) is -1.39. The Morgan fingerprint density at radius 3 is 2.15 bits per heavy atom. The normalized spacial score (nSPS) is 30.1. The van der Waals surface area contributed by atoms with E-state index in [0.29, 0.717) is 31.2 Å². The SMILES string of the molecule is CC1(C)CCC(C(=O)OC2C(CO)OC(C#N)(c3ccc4c(N)ncnn34)C2OC(=O)C2CCC(C)(C)CC2)CC1. The third-order valence-electron chi connectivity index (χ3n) is 9.45. The second-order valence-electron chi connectivity index (χ2n) is 13.5. The molecule has 0 aromatic carbocycles. The first-order valence-electron chi connectivity index (χ1n) is 14.6. The van der Waals surface area contributed by atoms with Crippen molar-refractivity contribution in [1.29, 1.82) is 5.26 Å². The lowest BCUT2D eigenvalue weighted by molar-refractivity contribution is -0.176. The second-order valence-corrected chi connectivity index (χ2v) is 13.5. The lowest BCUT2D eigenvalue weighted by Gasteiger charge is -2.36. The number of anilines is 1. The number of carbonyl (C=O) groups excluding carboxylic acids is 2. The maximum atomic E-state index is 13.6. The molecule has 11 nitrogen and oxygen atoms in total. The molecule has 3 heterocycles. The minimum Gasteiger partial charge on any atom is -0.455 e. The van der Waals surface area contributed by atoms with Gasteiger partial charge in [0.15, 0.2) is 18.0 Å². The molecule has 0 amide bonds. The molecule has 41 heavy (non-hydrogen) atoms. The standard InChI is InChI=1S/C30H41N5O6/c1-28(2)11-7-18(8-12-28)26(37)39-23-21(15-36)41-30(16-31,22-6-5-20-25(32)33-17-34-35(20)22)24(23)40-27(38)19-9-13-29(3,4)14-10-19/h5-6,17-19,21,23-24,36H,7-15H2,1-4H3,(H2,32,33,34). The Morgan fingerprint density at radius 1 is 1.05 bits per heavy atom. The van der Waals surface area contributed by atoms with Gasteiger partial charge in [-0.25, -0.2) is 9.50 Å². The van der Waals surface area contributed by atoms with Crippen LogP contribution in [0.4, 0.5) is 5.82 Å². The summed E-state index contributed by atoms with van der Waals surface area (Å²) in [5, 5.41) is 25.3. The molecule has 0 spiro atoms. The summed E-state index contributed by atoms with van der Waals surface area (Å²) in [6.45, 7) is 8.17. The second kappa shape index (κ2) is 10.9. The quantitative estimate of drug-likeness (QED) is 0.492. The van der Waals surface area contributed by atoms with Gasteiger partial charge in [-0.1, -0.05) is 27.7 Å². The summed E-state index contributed by atoms with van der Waals surface area (Å²) >= 11 is 0. The lowest BCUT2D eigenvalue weighted by atomic mass is 9.73. The highest BCUT2D eigenvalue weighted by Gasteiger charge is 2.62. The maximum absolute atomic E-state index is 13.6. The first-order chi connectivity index (χ1) is 19.4. The fraction of sp³-hybridized carbons (Fsp3) is 0.700. The van der Waals surface area contributed by atoms with E-state index in [9.17, 15) is 20.0 Å². The van der Waals surface area contributed by atoms with Crippen LogP contribution in [0.5, 0.6) is 0 Å². The Bertz CT molecular complexity index is 1330. The minimum absolute atomic E-state index is 0.142. The fourth-order valence-electron chi connectivity index (χ4n) is 6.54. The summed E-state index contributed by atoms with van der Waals surface area (Å²) in [5.41, 5.74) is 5.09. The van der Waals surface area contributed by atoms with Crippen LogP contribution < -0.4 is 5.73 Å². The number of nitrogens with two attached hydrogens (primary N) is 1. The van der Waals surface area contributed by atoms with E-state index in [4.69, 9.17) is 19.9 Å². The van der Waals surface area contributed by atoms with Gasteiger partial charge in [0.1, 0.15) is 24.0 Å². The third kappa shape index (κ3) is 5.52. The number of rotatable bonds is 6. The van der Waals surface area contributed by atoms with Crippen LogP contribution >= 0.6 is 0 Å². The molecule has 2 aromatic heterocycles. The largest absolute Gasteiger partial charge is 0.455 e. The van der Waals surface area contributed by atoms with E-state index in [0.717, 1.165) is 25.7 Å². The maximum Gasteiger partial charge on any atom is 0.309 e. The van der Waals surface area contributed by atoms with Crippen LogP contribution in [-0.2, 0) is 29.4 Å². The third-order valence-corrected chi connectivity index (χ3v) is 9.45.